The summed E-state index contributed by atoms with van der Waals surface area (Å²) in [6.07, 6.45) is 15.0. The van der Waals surface area contributed by atoms with Gasteiger partial charge in [-0.15, -0.1) is 0 Å². The molecular weight excluding hydrogens is 424 g/mol. The predicted molar refractivity (Wildman–Crippen MR) is 147 cm³/mol. The molecule has 0 fully saturated rings. The van der Waals surface area contributed by atoms with Crippen LogP contribution in [0.1, 0.15) is 144 Å². The van der Waals surface area contributed by atoms with E-state index < -0.39 is 5.97 Å². The summed E-state index contributed by atoms with van der Waals surface area (Å²) in [5.41, 5.74) is 2.03. The lowest BCUT2D eigenvalue weighted by molar-refractivity contribution is -0.136. The third kappa shape index (κ3) is 18.8. The molecule has 0 atom stereocenters. The van der Waals surface area contributed by atoms with Crippen molar-refractivity contribution >= 4 is 5.97 Å². The number of phenols is 1. The van der Waals surface area contributed by atoms with E-state index in [9.17, 15) is 9.90 Å². The summed E-state index contributed by atoms with van der Waals surface area (Å²) in [5.74, 6) is -0.289. The van der Waals surface area contributed by atoms with Gasteiger partial charge in [0.15, 0.2) is 0 Å². The molecule has 0 unspecified atom stereocenters. The number of carbonyl (C=O) groups is 1. The second-order valence-corrected chi connectivity index (χ2v) is 11.2. The van der Waals surface area contributed by atoms with E-state index in [1.54, 1.807) is 6.92 Å². The average molecular weight is 481 g/mol. The van der Waals surface area contributed by atoms with E-state index in [-0.39, 0.29) is 17.3 Å². The monoisotopic (exact) mass is 480 g/mol. The molecule has 4 heteroatoms. The quantitative estimate of drug-likeness (QED) is 0.261. The Morgan fingerprint density at radius 2 is 1.03 bits per heavy atom. The lowest BCUT2D eigenvalue weighted by atomic mass is 9.80. The lowest BCUT2D eigenvalue weighted by Crippen LogP contribution is -2.16. The first-order chi connectivity index (χ1) is 15.8. The smallest absolute Gasteiger partial charge is 0.303 e. The van der Waals surface area contributed by atoms with Crippen LogP contribution in [0.4, 0.5) is 0 Å². The number of phenolic OH excluding ortho intramolecular Hbond substituents is 1. The summed E-state index contributed by atoms with van der Waals surface area (Å²) in [7, 11) is 0. The third-order valence-electron chi connectivity index (χ3n) is 5.72. The summed E-state index contributed by atoms with van der Waals surface area (Å²) in [5, 5.41) is 26.6. The van der Waals surface area contributed by atoms with Crippen LogP contribution in [0.25, 0.3) is 0 Å². The normalized spacial score (nSPS) is 11.2. The Morgan fingerprint density at radius 3 is 1.29 bits per heavy atom. The summed E-state index contributed by atoms with van der Waals surface area (Å²) in [6.45, 7) is 17.0. The second kappa shape index (κ2) is 19.7. The standard InChI is InChI=1S/C14H22O.C13H28O.C3H6O2/c1-13(2,3)10-8-7-9-11(12(10)15)14(4,5)6;1-2-3-4-5-6-7-8-9-10-11-12-13-14;1-2-3(4)5/h7-9,15H,1-6H3;14H,2-13H2,1H3;2H2,1H3,(H,4,5). The van der Waals surface area contributed by atoms with Crippen LogP contribution in [-0.2, 0) is 15.6 Å². The van der Waals surface area contributed by atoms with Gasteiger partial charge in [0, 0.05) is 13.0 Å². The Labute approximate surface area is 211 Å². The maximum Gasteiger partial charge on any atom is 0.303 e. The first-order valence-electron chi connectivity index (χ1n) is 13.5. The number of aromatic hydroxyl groups is 1. The molecule has 34 heavy (non-hydrogen) atoms. The van der Waals surface area contributed by atoms with Gasteiger partial charge in [0.1, 0.15) is 5.75 Å². The van der Waals surface area contributed by atoms with Crippen LogP contribution in [0.15, 0.2) is 18.2 Å². The van der Waals surface area contributed by atoms with Crippen LogP contribution in [0.3, 0.4) is 0 Å². The Bertz CT molecular complexity index is 579. The van der Waals surface area contributed by atoms with Gasteiger partial charge in [0.2, 0.25) is 0 Å². The van der Waals surface area contributed by atoms with Crippen LogP contribution in [0.2, 0.25) is 0 Å². The number of benzene rings is 1. The zero-order chi connectivity index (χ0) is 26.6. The maximum absolute atomic E-state index is 10.3. The minimum absolute atomic E-state index is 0.00859. The van der Waals surface area contributed by atoms with Gasteiger partial charge < -0.3 is 15.3 Å². The molecule has 0 saturated heterocycles. The van der Waals surface area contributed by atoms with Crippen molar-refractivity contribution in [1.82, 2.24) is 0 Å². The van der Waals surface area contributed by atoms with Crippen molar-refractivity contribution < 1.29 is 20.1 Å². The minimum Gasteiger partial charge on any atom is -0.507 e. The topological polar surface area (TPSA) is 77.8 Å². The Balaban J connectivity index is 0. The number of para-hydroxylation sites is 1. The van der Waals surface area contributed by atoms with Crippen molar-refractivity contribution in [2.45, 2.75) is 143 Å². The van der Waals surface area contributed by atoms with E-state index in [0.29, 0.717) is 12.4 Å². The molecular formula is C30H56O4. The van der Waals surface area contributed by atoms with Gasteiger partial charge in [0.05, 0.1) is 0 Å². The number of carboxylic acids is 1. The van der Waals surface area contributed by atoms with Crippen LogP contribution in [0, 0.1) is 0 Å². The highest BCUT2D eigenvalue weighted by molar-refractivity contribution is 5.66. The van der Waals surface area contributed by atoms with Gasteiger partial charge in [-0.05, 0) is 28.4 Å². The van der Waals surface area contributed by atoms with Crippen LogP contribution in [0.5, 0.6) is 5.75 Å². The molecule has 0 bridgehead atoms. The predicted octanol–water partition coefficient (Wildman–Crippen LogP) is 8.76. The number of aliphatic hydroxyl groups is 1. The number of carboxylic acid groups (broad SMARTS) is 1. The van der Waals surface area contributed by atoms with E-state index in [1.807, 2.05) is 18.2 Å². The highest BCUT2D eigenvalue weighted by Gasteiger charge is 2.24. The van der Waals surface area contributed by atoms with Crippen molar-refractivity contribution in [2.75, 3.05) is 6.61 Å². The molecule has 0 saturated carbocycles. The van der Waals surface area contributed by atoms with Crippen LogP contribution >= 0.6 is 0 Å². The number of unbranched alkanes of at least 4 members (excludes halogenated alkanes) is 10. The first kappa shape index (κ1) is 34.6. The molecule has 200 valence electrons. The number of aliphatic carboxylic acids is 1. The molecule has 0 spiro atoms. The summed E-state index contributed by atoms with van der Waals surface area (Å²) >= 11 is 0. The van der Waals surface area contributed by atoms with E-state index in [1.165, 1.54) is 64.2 Å². The Kier molecular flexibility index (Phi) is 20.1. The molecule has 0 aromatic heterocycles. The second-order valence-electron chi connectivity index (χ2n) is 11.2. The molecule has 0 amide bonds. The van der Waals surface area contributed by atoms with E-state index in [0.717, 1.165) is 17.5 Å². The third-order valence-corrected chi connectivity index (χ3v) is 5.72. The van der Waals surface area contributed by atoms with Crippen molar-refractivity contribution in [2.24, 2.45) is 0 Å². The highest BCUT2D eigenvalue weighted by Crippen LogP contribution is 2.38. The van der Waals surface area contributed by atoms with Crippen molar-refractivity contribution in [3.05, 3.63) is 29.3 Å². The van der Waals surface area contributed by atoms with Crippen molar-refractivity contribution in [3.63, 3.8) is 0 Å². The van der Waals surface area contributed by atoms with Crippen molar-refractivity contribution in [1.29, 1.82) is 0 Å². The average Bonchev–Trinajstić information content (AvgIpc) is 2.74. The molecule has 1 aromatic rings. The van der Waals surface area contributed by atoms with Crippen LogP contribution < -0.4 is 0 Å². The fraction of sp³-hybridized carbons (Fsp3) is 0.767. The number of hydrogen-bond donors (Lipinski definition) is 3. The fourth-order valence-electron chi connectivity index (χ4n) is 3.53. The number of rotatable bonds is 12. The highest BCUT2D eigenvalue weighted by atomic mass is 16.4. The summed E-state index contributed by atoms with van der Waals surface area (Å²) in [6, 6.07) is 6.04. The molecule has 1 aromatic carbocycles. The fourth-order valence-corrected chi connectivity index (χ4v) is 3.53. The molecule has 0 aliphatic heterocycles. The number of aliphatic hydroxyl groups excluding tert-OH is 1. The number of hydrogen-bond acceptors (Lipinski definition) is 3. The molecule has 0 aliphatic carbocycles. The summed E-state index contributed by atoms with van der Waals surface area (Å²) < 4.78 is 0. The molecule has 1 rings (SSSR count). The van der Waals surface area contributed by atoms with Gasteiger partial charge in [0.25, 0.3) is 0 Å². The van der Waals surface area contributed by atoms with E-state index >= 15 is 0 Å². The van der Waals surface area contributed by atoms with Gasteiger partial charge in [-0.25, -0.2) is 0 Å². The molecule has 4 nitrogen and oxygen atoms in total. The molecule has 3 N–H and O–H groups in total. The van der Waals surface area contributed by atoms with Crippen LogP contribution in [-0.4, -0.2) is 27.9 Å². The zero-order valence-corrected chi connectivity index (χ0v) is 23.7. The van der Waals surface area contributed by atoms with Gasteiger partial charge in [-0.1, -0.05) is 138 Å². The zero-order valence-electron chi connectivity index (χ0n) is 23.7. The largest absolute Gasteiger partial charge is 0.507 e. The molecule has 0 radical (unpaired) electrons. The van der Waals surface area contributed by atoms with Gasteiger partial charge in [-0.3, -0.25) is 4.79 Å². The maximum atomic E-state index is 10.3. The minimum atomic E-state index is -0.745. The summed E-state index contributed by atoms with van der Waals surface area (Å²) in [4.78, 5) is 9.37. The van der Waals surface area contributed by atoms with E-state index in [2.05, 4.69) is 48.5 Å². The SMILES string of the molecule is CC(C)(C)c1cccc(C(C)(C)C)c1O.CCC(=O)O.CCCCCCCCCCCCCO. The molecule has 0 heterocycles. The van der Waals surface area contributed by atoms with Gasteiger partial charge in [-0.2, -0.15) is 0 Å². The first-order valence-corrected chi connectivity index (χ1v) is 13.5. The Hall–Kier alpha value is -1.55. The van der Waals surface area contributed by atoms with Crippen molar-refractivity contribution in [3.8, 4) is 5.75 Å². The lowest BCUT2D eigenvalue weighted by Gasteiger charge is -2.26. The molecule has 0 aliphatic rings. The Morgan fingerprint density at radius 1 is 0.706 bits per heavy atom. The van der Waals surface area contributed by atoms with Gasteiger partial charge >= 0.3 is 5.97 Å². The van der Waals surface area contributed by atoms with E-state index in [4.69, 9.17) is 10.2 Å².